The lowest BCUT2D eigenvalue weighted by Gasteiger charge is -2.50. The molecule has 2 unspecified atom stereocenters. The highest BCUT2D eigenvalue weighted by atomic mass is 28.3. The molecule has 13 rings (SSSR count). The number of nitrogens with zero attached hydrogens (tertiary/aromatic N) is 5. The fraction of sp³-hybridized carbons (Fsp3) is 0.133. The van der Waals surface area contributed by atoms with Crippen molar-refractivity contribution in [2.24, 2.45) is 0 Å². The molecular weight excluding hydrogens is 819 g/mol. The first-order chi connectivity index (χ1) is 40.4. The minimum Gasteiger partial charge on any atom is -0.333 e. The van der Waals surface area contributed by atoms with Gasteiger partial charge in [0.2, 0.25) is 0 Å². The maximum absolute atomic E-state index is 10.8. The van der Waals surface area contributed by atoms with E-state index in [1.54, 1.807) is 18.5 Å². The van der Waals surface area contributed by atoms with Crippen LogP contribution in [-0.2, 0) is 5.41 Å². The van der Waals surface area contributed by atoms with Gasteiger partial charge in [-0.25, -0.2) is 0 Å². The number of hydrogen-bond donors (Lipinski definition) is 0. The Bertz CT molecular complexity index is 4500. The third kappa shape index (κ3) is 5.39. The van der Waals surface area contributed by atoms with Crippen LogP contribution in [0.5, 0.6) is 0 Å². The third-order valence-corrected chi connectivity index (χ3v) is 18.5. The zero-order valence-electron chi connectivity index (χ0n) is 54.8. The first kappa shape index (κ1) is 24.1. The largest absolute Gasteiger partial charge is 0.333 e. The molecule has 2 aliphatic rings. The van der Waals surface area contributed by atoms with Gasteiger partial charge in [-0.2, -0.15) is 0 Å². The number of hydrogen-bond acceptors (Lipinski definition) is 3. The summed E-state index contributed by atoms with van der Waals surface area (Å²) in [6, 6.07) is 4.14. The molecule has 0 radical (unpaired) electrons. The van der Waals surface area contributed by atoms with Crippen LogP contribution < -0.4 is 25.6 Å². The van der Waals surface area contributed by atoms with Crippen LogP contribution in [0.2, 0.25) is 0 Å². The van der Waals surface area contributed by atoms with Crippen LogP contribution in [0.4, 0.5) is 11.4 Å². The van der Waals surface area contributed by atoms with Gasteiger partial charge in [0.1, 0.15) is 0 Å². The Hall–Kier alpha value is -7.54. The monoisotopic (exact) mass is 886 g/mol. The van der Waals surface area contributed by atoms with Gasteiger partial charge in [-0.15, -0.1) is 0 Å². The summed E-state index contributed by atoms with van der Waals surface area (Å²) in [4.78, 5) is 11.4. The molecule has 1 aliphatic carbocycles. The summed E-state index contributed by atoms with van der Waals surface area (Å²) in [5.74, 6) is 0. The molecule has 1 fully saturated rings. The van der Waals surface area contributed by atoms with Crippen LogP contribution >= 0.6 is 0 Å². The van der Waals surface area contributed by atoms with Crippen LogP contribution in [0.1, 0.15) is 71.1 Å². The van der Waals surface area contributed by atoms with Gasteiger partial charge in [0.05, 0.1) is 65.5 Å². The van der Waals surface area contributed by atoms with Crippen molar-refractivity contribution in [3.05, 3.63) is 218 Å². The summed E-state index contributed by atoms with van der Waals surface area (Å²) in [6.45, 7) is 4.56. The van der Waals surface area contributed by atoms with Crippen molar-refractivity contribution >= 4 is 83.8 Å². The van der Waals surface area contributed by atoms with Crippen molar-refractivity contribution in [2.75, 3.05) is 4.90 Å². The lowest BCUT2D eigenvalue weighted by Crippen LogP contribution is -2.74. The summed E-state index contributed by atoms with van der Waals surface area (Å²) < 4.78 is 183. The van der Waals surface area contributed by atoms with E-state index in [2.05, 4.69) is 39.3 Å². The molecule has 318 valence electrons. The van der Waals surface area contributed by atoms with Crippen molar-refractivity contribution < 1.29 is 26.0 Å². The molecule has 0 saturated heterocycles. The fourth-order valence-electron chi connectivity index (χ4n) is 11.3. The van der Waals surface area contributed by atoms with Crippen LogP contribution in [0, 0.1) is 0 Å². The normalized spacial score (nSPS) is 22.3. The predicted molar refractivity (Wildman–Crippen MR) is 277 cm³/mol. The van der Waals surface area contributed by atoms with E-state index in [4.69, 9.17) is 12.3 Å². The predicted octanol–water partition coefficient (Wildman–Crippen LogP) is 11.8. The number of benzene rings is 7. The summed E-state index contributed by atoms with van der Waals surface area (Å²) in [7, 11) is -6.14. The molecule has 0 amide bonds. The van der Waals surface area contributed by atoms with E-state index in [1.165, 1.54) is 4.57 Å². The lowest BCUT2D eigenvalue weighted by atomic mass is 9.61. The molecule has 2 atom stereocenters. The second-order valence-corrected chi connectivity index (χ2v) is 21.0. The minimum absolute atomic E-state index is 0.276. The highest BCUT2D eigenvalue weighted by Crippen LogP contribution is 2.60. The van der Waals surface area contributed by atoms with Crippen molar-refractivity contribution in [2.45, 2.75) is 50.5 Å². The smallest absolute Gasteiger partial charge is 0.179 e. The maximum Gasteiger partial charge on any atom is 0.179 e. The maximum atomic E-state index is 10.8. The average molecular weight is 887 g/mol. The van der Waals surface area contributed by atoms with Gasteiger partial charge in [-0.05, 0) is 113 Å². The topological polar surface area (TPSA) is 38.9 Å². The van der Waals surface area contributed by atoms with Crippen molar-refractivity contribution in [1.29, 1.82) is 0 Å². The first-order valence-corrected chi connectivity index (χ1v) is 23.9. The van der Waals surface area contributed by atoms with Crippen LogP contribution in [0.25, 0.3) is 55.0 Å². The molecule has 7 aromatic carbocycles. The first-order valence-electron chi connectivity index (χ1n) is 31.4. The van der Waals surface area contributed by atoms with E-state index >= 15 is 0 Å². The molecule has 5 heterocycles. The van der Waals surface area contributed by atoms with Crippen LogP contribution in [0.3, 0.4) is 0 Å². The van der Waals surface area contributed by atoms with Crippen molar-refractivity contribution in [3.8, 4) is 11.4 Å². The van der Waals surface area contributed by atoms with E-state index in [9.17, 15) is 13.7 Å². The standard InChI is InChI=1S/C60H49N5Si/c1-59-33-14-15-34-60(59,2)65(58-41-62-35-31-53(58)59)44-28-30-56-51(39-44)50-38-43(64-54-26-13-12-25-49(54)52-40-61-36-32-57(52)64)27-29-55(50)63(56)42-17-16-24-48(37-42)66(45-18-6-3-7-19-45,46-20-8-4-9-21-46)47-22-10-5-11-23-47/h3-13,16-32,35-41H,14-15,33-34H2,1-2H3/i3D,4D,5D,6D,7D,8D,9D,10D,11D,16D,17D,18D,19D,20D,21D,22D,23D,24D,37D. The zero-order valence-corrected chi connectivity index (χ0v) is 36.8. The molecule has 5 nitrogen and oxygen atoms in total. The average Bonchev–Trinajstić information content (AvgIpc) is 0.954. The Kier molecular flexibility index (Phi) is 5.39. The van der Waals surface area contributed by atoms with E-state index in [-0.39, 0.29) is 5.41 Å². The SMILES string of the molecule is [2H]c1c([2H])c([2H])c([Si](c2c([2H])c([2H])c([2H])c([2H])c2[2H])(c2c([2H])c([2H])c([2H])c([2H])c2[2H])c2c([2H])c([2H])c([2H])c(-n3c4ccc(N5c6cnccc6C6(C)CCCCC56C)cc4c4cc(-n5c6ccccc6c6cnccc65)ccc43)c2[2H])c([2H])c1[2H]. The zero-order chi connectivity index (χ0) is 60.6. The number of pyridine rings is 2. The van der Waals surface area contributed by atoms with Gasteiger partial charge in [0.15, 0.2) is 8.07 Å². The molecule has 66 heavy (non-hydrogen) atoms. The van der Waals surface area contributed by atoms with Gasteiger partial charge >= 0.3 is 0 Å². The molecule has 0 bridgehead atoms. The molecule has 1 aliphatic heterocycles. The lowest BCUT2D eigenvalue weighted by molar-refractivity contribution is 0.195. The number of para-hydroxylation sites is 1. The quantitative estimate of drug-likeness (QED) is 0.118. The molecule has 11 aromatic rings. The van der Waals surface area contributed by atoms with Crippen molar-refractivity contribution in [3.63, 3.8) is 0 Å². The number of anilines is 2. The highest BCUT2D eigenvalue weighted by molar-refractivity contribution is 7.19. The van der Waals surface area contributed by atoms with E-state index < -0.39 is 155 Å². The highest BCUT2D eigenvalue weighted by Gasteiger charge is 2.57. The Morgan fingerprint density at radius 2 is 1.06 bits per heavy atom. The second kappa shape index (κ2) is 14.7. The molecule has 1 saturated carbocycles. The van der Waals surface area contributed by atoms with Gasteiger partial charge in [0.25, 0.3) is 0 Å². The Balaban J connectivity index is 1.23. The van der Waals surface area contributed by atoms with E-state index in [0.717, 1.165) is 64.4 Å². The Morgan fingerprint density at radius 3 is 1.77 bits per heavy atom. The number of aromatic nitrogens is 4. The molecular formula is C60H49N5Si. The van der Waals surface area contributed by atoms with E-state index in [0.29, 0.717) is 27.5 Å². The fourth-order valence-corrected chi connectivity index (χ4v) is 14.9. The summed E-state index contributed by atoms with van der Waals surface area (Å²) in [5.41, 5.74) is 4.85. The van der Waals surface area contributed by atoms with Crippen molar-refractivity contribution in [1.82, 2.24) is 19.1 Å². The number of rotatable bonds is 7. The molecule has 6 heteroatoms. The Morgan fingerprint density at radius 1 is 0.500 bits per heavy atom. The van der Waals surface area contributed by atoms with Crippen LogP contribution in [0.15, 0.2) is 212 Å². The van der Waals surface area contributed by atoms with Gasteiger partial charge in [-0.3, -0.25) is 9.97 Å². The summed E-state index contributed by atoms with van der Waals surface area (Å²) in [5, 5.41) is -0.597. The summed E-state index contributed by atoms with van der Waals surface area (Å²) in [6.07, 6.45) is 11.0. The Labute approximate surface area is 413 Å². The minimum atomic E-state index is -6.14. The summed E-state index contributed by atoms with van der Waals surface area (Å²) >= 11 is 0. The van der Waals surface area contributed by atoms with Crippen LogP contribution in [-0.4, -0.2) is 32.7 Å². The third-order valence-electron chi connectivity index (χ3n) is 14.5. The molecule has 0 spiro atoms. The molecule has 0 N–H and O–H groups in total. The van der Waals surface area contributed by atoms with Gasteiger partial charge < -0.3 is 14.0 Å². The van der Waals surface area contributed by atoms with Gasteiger partial charge in [0, 0.05) is 62.6 Å². The second-order valence-electron chi connectivity index (χ2n) is 17.5. The molecule has 4 aromatic heterocycles. The van der Waals surface area contributed by atoms with Gasteiger partial charge in [-0.1, -0.05) is 141 Å². The van der Waals surface area contributed by atoms with E-state index in [1.807, 2.05) is 73.1 Å². The number of fused-ring (bicyclic) bond motifs is 9.